The average Bonchev–Trinajstić information content (AvgIpc) is 2.36. The van der Waals surface area contributed by atoms with Crippen molar-refractivity contribution in [3.05, 3.63) is 29.3 Å². The van der Waals surface area contributed by atoms with Crippen molar-refractivity contribution in [2.75, 3.05) is 18.9 Å². The highest BCUT2D eigenvalue weighted by Crippen LogP contribution is 2.31. The molecular formula is C13H17ClF3N3O2. The molecule has 0 aliphatic rings. The fourth-order valence-corrected chi connectivity index (χ4v) is 1.57. The number of hydrogen-bond donors (Lipinski definition) is 2. The molecular weight excluding hydrogens is 323 g/mol. The van der Waals surface area contributed by atoms with Gasteiger partial charge in [-0.15, -0.1) is 12.4 Å². The van der Waals surface area contributed by atoms with Crippen LogP contribution in [-0.4, -0.2) is 30.3 Å². The van der Waals surface area contributed by atoms with Crippen molar-refractivity contribution in [3.8, 4) is 0 Å². The summed E-state index contributed by atoms with van der Waals surface area (Å²) in [7, 11) is 1.42. The van der Waals surface area contributed by atoms with Crippen molar-refractivity contribution < 1.29 is 22.8 Å². The first kappa shape index (κ1) is 20.2. The maximum absolute atomic E-state index is 12.7. The Hall–Kier alpha value is -1.80. The van der Waals surface area contributed by atoms with Gasteiger partial charge in [-0.25, -0.2) is 0 Å². The molecule has 1 rings (SSSR count). The number of alkyl halides is 3. The largest absolute Gasteiger partial charge is 0.416 e. The van der Waals surface area contributed by atoms with Crippen LogP contribution in [0, 0.1) is 0 Å². The summed E-state index contributed by atoms with van der Waals surface area (Å²) >= 11 is 0. The molecule has 0 saturated heterocycles. The zero-order valence-corrected chi connectivity index (χ0v) is 12.8. The van der Waals surface area contributed by atoms with Crippen molar-refractivity contribution in [2.45, 2.75) is 19.6 Å². The molecule has 0 bridgehead atoms. The van der Waals surface area contributed by atoms with E-state index >= 15 is 0 Å². The minimum absolute atomic E-state index is 0. The standard InChI is InChI=1S/C13H16F3N3O2.ClH/c1-8(20)19(2)7-12(21)18-11-4-9(6-17)3-10(5-11)13(14,15)16;/h3-5H,6-7,17H2,1-2H3,(H,18,21);1H. The van der Waals surface area contributed by atoms with Gasteiger partial charge in [-0.2, -0.15) is 13.2 Å². The van der Waals surface area contributed by atoms with Crippen LogP contribution in [0.4, 0.5) is 18.9 Å². The monoisotopic (exact) mass is 339 g/mol. The van der Waals surface area contributed by atoms with Crippen LogP contribution >= 0.6 is 12.4 Å². The molecule has 124 valence electrons. The summed E-state index contributed by atoms with van der Waals surface area (Å²) in [6, 6.07) is 3.11. The van der Waals surface area contributed by atoms with E-state index in [1.807, 2.05) is 0 Å². The highest BCUT2D eigenvalue weighted by molar-refractivity contribution is 5.94. The predicted octanol–water partition coefficient (Wildman–Crippen LogP) is 2.00. The molecule has 5 nitrogen and oxygen atoms in total. The van der Waals surface area contributed by atoms with Gasteiger partial charge in [0.15, 0.2) is 0 Å². The fraction of sp³-hybridized carbons (Fsp3) is 0.385. The number of amides is 2. The lowest BCUT2D eigenvalue weighted by Crippen LogP contribution is -2.33. The van der Waals surface area contributed by atoms with E-state index in [1.165, 1.54) is 20.0 Å². The number of nitrogens with one attached hydrogen (secondary N) is 1. The third-order valence-electron chi connectivity index (χ3n) is 2.76. The molecule has 1 aromatic carbocycles. The lowest BCUT2D eigenvalue weighted by molar-refractivity contribution is -0.137. The number of carbonyl (C=O) groups is 2. The van der Waals surface area contributed by atoms with E-state index in [1.54, 1.807) is 0 Å². The predicted molar refractivity (Wildman–Crippen MR) is 78.5 cm³/mol. The van der Waals surface area contributed by atoms with Crippen molar-refractivity contribution in [1.29, 1.82) is 0 Å². The molecule has 22 heavy (non-hydrogen) atoms. The Bertz CT molecular complexity index is 550. The van der Waals surface area contributed by atoms with Gasteiger partial charge in [0.2, 0.25) is 11.8 Å². The lowest BCUT2D eigenvalue weighted by atomic mass is 10.1. The van der Waals surface area contributed by atoms with Gasteiger partial charge < -0.3 is 16.0 Å². The van der Waals surface area contributed by atoms with Gasteiger partial charge in [-0.05, 0) is 23.8 Å². The number of nitrogens with two attached hydrogens (primary N) is 1. The minimum Gasteiger partial charge on any atom is -0.337 e. The summed E-state index contributed by atoms with van der Waals surface area (Å²) in [6.45, 7) is 0.952. The summed E-state index contributed by atoms with van der Waals surface area (Å²) in [4.78, 5) is 23.8. The average molecular weight is 340 g/mol. The van der Waals surface area contributed by atoms with Crippen molar-refractivity contribution in [2.24, 2.45) is 5.73 Å². The number of rotatable bonds is 4. The molecule has 0 spiro atoms. The Balaban J connectivity index is 0.00000441. The molecule has 3 N–H and O–H groups in total. The molecule has 9 heteroatoms. The first-order valence-corrected chi connectivity index (χ1v) is 6.06. The van der Waals surface area contributed by atoms with Gasteiger partial charge in [-0.1, -0.05) is 0 Å². The van der Waals surface area contributed by atoms with E-state index in [0.29, 0.717) is 0 Å². The smallest absolute Gasteiger partial charge is 0.337 e. The SMILES string of the molecule is CC(=O)N(C)CC(=O)Nc1cc(CN)cc(C(F)(F)F)c1.Cl. The van der Waals surface area contributed by atoms with Crippen molar-refractivity contribution in [1.82, 2.24) is 4.90 Å². The highest BCUT2D eigenvalue weighted by Gasteiger charge is 2.31. The Kier molecular flexibility index (Phi) is 7.34. The Morgan fingerprint density at radius 3 is 2.32 bits per heavy atom. The summed E-state index contributed by atoms with van der Waals surface area (Å²) in [5.41, 5.74) is 4.70. The number of hydrogen-bond acceptors (Lipinski definition) is 3. The minimum atomic E-state index is -4.53. The molecule has 0 aliphatic carbocycles. The van der Waals surface area contributed by atoms with Crippen LogP contribution in [0.25, 0.3) is 0 Å². The van der Waals surface area contributed by atoms with Crippen molar-refractivity contribution >= 4 is 29.9 Å². The molecule has 0 heterocycles. The summed E-state index contributed by atoms with van der Waals surface area (Å²) in [5.74, 6) is -0.910. The van der Waals surface area contributed by atoms with Gasteiger partial charge in [0, 0.05) is 26.2 Å². The molecule has 0 saturated carbocycles. The summed E-state index contributed by atoms with van der Waals surface area (Å²) < 4.78 is 38.2. The zero-order chi connectivity index (χ0) is 16.2. The topological polar surface area (TPSA) is 75.4 Å². The molecule has 0 radical (unpaired) electrons. The first-order valence-electron chi connectivity index (χ1n) is 6.06. The van der Waals surface area contributed by atoms with Crippen LogP contribution in [0.15, 0.2) is 18.2 Å². The van der Waals surface area contributed by atoms with Gasteiger partial charge in [0.1, 0.15) is 0 Å². The third kappa shape index (κ3) is 5.90. The van der Waals surface area contributed by atoms with Crippen LogP contribution in [0.5, 0.6) is 0 Å². The number of anilines is 1. The fourth-order valence-electron chi connectivity index (χ4n) is 1.57. The number of likely N-dealkylation sites (N-methyl/N-ethyl adjacent to an activating group) is 1. The van der Waals surface area contributed by atoms with E-state index in [2.05, 4.69) is 5.32 Å². The van der Waals surface area contributed by atoms with Gasteiger partial charge >= 0.3 is 6.18 Å². The zero-order valence-electron chi connectivity index (χ0n) is 12.0. The van der Waals surface area contributed by atoms with E-state index < -0.39 is 17.6 Å². The molecule has 0 atom stereocenters. The number of nitrogens with zero attached hydrogens (tertiary/aromatic N) is 1. The molecule has 1 aromatic rings. The van der Waals surface area contributed by atoms with Gasteiger partial charge in [0.05, 0.1) is 12.1 Å². The number of benzene rings is 1. The molecule has 0 unspecified atom stereocenters. The van der Waals surface area contributed by atoms with Crippen LogP contribution in [0.3, 0.4) is 0 Å². The summed E-state index contributed by atoms with van der Waals surface area (Å²) in [5, 5.41) is 2.33. The summed E-state index contributed by atoms with van der Waals surface area (Å²) in [6.07, 6.45) is -4.53. The highest BCUT2D eigenvalue weighted by atomic mass is 35.5. The Labute approximate surface area is 132 Å². The maximum atomic E-state index is 12.7. The quantitative estimate of drug-likeness (QED) is 0.881. The first-order chi connectivity index (χ1) is 9.63. The normalized spacial score (nSPS) is 10.6. The van der Waals surface area contributed by atoms with Gasteiger partial charge in [0.25, 0.3) is 0 Å². The van der Waals surface area contributed by atoms with E-state index in [-0.39, 0.29) is 42.7 Å². The second-order valence-corrected chi connectivity index (χ2v) is 4.54. The van der Waals surface area contributed by atoms with Crippen LogP contribution in [-0.2, 0) is 22.3 Å². The van der Waals surface area contributed by atoms with E-state index in [9.17, 15) is 22.8 Å². The second-order valence-electron chi connectivity index (χ2n) is 4.54. The van der Waals surface area contributed by atoms with Crippen LogP contribution < -0.4 is 11.1 Å². The molecule has 2 amide bonds. The maximum Gasteiger partial charge on any atom is 0.416 e. The molecule has 0 aromatic heterocycles. The van der Waals surface area contributed by atoms with Crippen LogP contribution in [0.1, 0.15) is 18.1 Å². The molecule has 0 aliphatic heterocycles. The third-order valence-corrected chi connectivity index (χ3v) is 2.76. The lowest BCUT2D eigenvalue weighted by Gasteiger charge is -2.16. The molecule has 0 fully saturated rings. The van der Waals surface area contributed by atoms with Crippen molar-refractivity contribution in [3.63, 3.8) is 0 Å². The Morgan fingerprint density at radius 2 is 1.86 bits per heavy atom. The number of halogens is 4. The van der Waals surface area contributed by atoms with E-state index in [0.717, 1.165) is 17.0 Å². The second kappa shape index (κ2) is 8.00. The van der Waals surface area contributed by atoms with E-state index in [4.69, 9.17) is 5.73 Å². The number of carbonyl (C=O) groups excluding carboxylic acids is 2. The van der Waals surface area contributed by atoms with Gasteiger partial charge in [-0.3, -0.25) is 9.59 Å². The van der Waals surface area contributed by atoms with Crippen LogP contribution in [0.2, 0.25) is 0 Å². The Morgan fingerprint density at radius 1 is 1.27 bits per heavy atom.